The second-order valence-electron chi connectivity index (χ2n) is 13.2. The lowest BCUT2D eigenvalue weighted by Gasteiger charge is -2.39. The molecule has 0 unspecified atom stereocenters. The van der Waals surface area contributed by atoms with Gasteiger partial charge in [-0.1, -0.05) is 29.8 Å². The topological polar surface area (TPSA) is 126 Å². The first-order chi connectivity index (χ1) is 23.8. The van der Waals surface area contributed by atoms with E-state index in [1.807, 2.05) is 11.9 Å². The van der Waals surface area contributed by atoms with Crippen LogP contribution in [-0.4, -0.2) is 103 Å². The van der Waals surface area contributed by atoms with Crippen molar-refractivity contribution >= 4 is 35.2 Å². The van der Waals surface area contributed by atoms with Crippen molar-refractivity contribution in [1.82, 2.24) is 25.1 Å². The summed E-state index contributed by atoms with van der Waals surface area (Å²) in [6.07, 6.45) is -5.16. The van der Waals surface area contributed by atoms with Gasteiger partial charge in [-0.2, -0.15) is 23.1 Å². The lowest BCUT2D eigenvalue weighted by atomic mass is 9.76. The number of halogens is 4. The monoisotopic (exact) mass is 715 g/mol. The predicted octanol–water partition coefficient (Wildman–Crippen LogP) is 4.96. The number of ether oxygens (including phenoxy) is 2. The molecule has 2 atom stereocenters. The first-order valence-electron chi connectivity index (χ1n) is 16.7. The first kappa shape index (κ1) is 35.7. The highest BCUT2D eigenvalue weighted by Gasteiger charge is 2.46. The number of nitrogens with two attached hydrogens (primary N) is 1. The zero-order valence-electron chi connectivity index (χ0n) is 28.0. The molecule has 2 aromatic carbocycles. The fraction of sp³-hybridized carbons (Fsp3) is 0.486. The molecule has 1 aromatic heterocycles. The number of nitrogens with one attached hydrogen (secondary N) is 1. The molecular weight excluding hydrogens is 675 g/mol. The van der Waals surface area contributed by atoms with Gasteiger partial charge in [-0.15, -0.1) is 0 Å². The van der Waals surface area contributed by atoms with Crippen molar-refractivity contribution in [1.29, 1.82) is 0 Å². The van der Waals surface area contributed by atoms with Gasteiger partial charge in [-0.3, -0.25) is 9.59 Å². The number of rotatable bonds is 8. The minimum Gasteiger partial charge on any atom is -0.465 e. The molecule has 1 amide bonds. The standard InChI is InChI=1S/C35H41ClF3N7O4/c1-3-49-32(48)27-20-34(21-41-27)9-11-45(12-10-34)28-19-29(43-33(40)42-28)50-30(35(37,38)39)25-8-7-24(36)18-26(25)22-5-4-6-23(17-22)31(47)46-15-13-44(2)14-16-46/h4-8,17-19,27,30,41H,3,9-16,20-21H2,1-2H3,(H2,40,42,43)/t27-,30+/m0/s1. The van der Waals surface area contributed by atoms with Crippen LogP contribution in [0.15, 0.2) is 48.5 Å². The van der Waals surface area contributed by atoms with Crippen molar-refractivity contribution in [3.63, 3.8) is 0 Å². The Hall–Kier alpha value is -4.14. The summed E-state index contributed by atoms with van der Waals surface area (Å²) in [7, 11) is 1.99. The molecule has 3 aromatic rings. The summed E-state index contributed by atoms with van der Waals surface area (Å²) >= 11 is 6.32. The number of amides is 1. The van der Waals surface area contributed by atoms with Gasteiger partial charge in [0.1, 0.15) is 11.9 Å². The van der Waals surface area contributed by atoms with Gasteiger partial charge in [0.25, 0.3) is 5.91 Å². The Morgan fingerprint density at radius 2 is 1.80 bits per heavy atom. The van der Waals surface area contributed by atoms with Crippen LogP contribution in [0.2, 0.25) is 5.02 Å². The number of carbonyl (C=O) groups is 2. The second-order valence-corrected chi connectivity index (χ2v) is 13.7. The number of piperidine rings is 1. The van der Waals surface area contributed by atoms with Crippen LogP contribution in [0.1, 0.15) is 48.2 Å². The summed E-state index contributed by atoms with van der Waals surface area (Å²) in [4.78, 5) is 39.7. The van der Waals surface area contributed by atoms with Gasteiger partial charge in [0, 0.05) is 68.0 Å². The van der Waals surface area contributed by atoms with Crippen molar-refractivity contribution in [2.45, 2.75) is 44.5 Å². The number of piperazine rings is 1. The minimum absolute atomic E-state index is 0.0927. The van der Waals surface area contributed by atoms with Crippen molar-refractivity contribution in [3.8, 4) is 17.0 Å². The molecule has 4 heterocycles. The quantitative estimate of drug-likeness (QED) is 0.309. The van der Waals surface area contributed by atoms with Gasteiger partial charge >= 0.3 is 12.1 Å². The number of likely N-dealkylation sites (N-methyl/N-ethyl adjacent to an activating group) is 1. The van der Waals surface area contributed by atoms with E-state index < -0.39 is 12.3 Å². The second kappa shape index (κ2) is 14.6. The lowest BCUT2D eigenvalue weighted by Crippen LogP contribution is -2.47. The molecule has 0 radical (unpaired) electrons. The maximum absolute atomic E-state index is 14.9. The number of anilines is 2. The largest absolute Gasteiger partial charge is 0.465 e. The van der Waals surface area contributed by atoms with Crippen LogP contribution in [0, 0.1) is 5.41 Å². The number of alkyl halides is 3. The summed E-state index contributed by atoms with van der Waals surface area (Å²) in [6.45, 7) is 6.46. The van der Waals surface area contributed by atoms with E-state index in [9.17, 15) is 22.8 Å². The van der Waals surface area contributed by atoms with E-state index in [0.717, 1.165) is 25.9 Å². The van der Waals surface area contributed by atoms with E-state index in [1.165, 1.54) is 24.3 Å². The maximum atomic E-state index is 14.9. The highest BCUT2D eigenvalue weighted by molar-refractivity contribution is 6.30. The number of esters is 1. The van der Waals surface area contributed by atoms with Crippen molar-refractivity contribution < 1.29 is 32.2 Å². The fourth-order valence-corrected chi connectivity index (χ4v) is 7.19. The number of aromatic nitrogens is 2. The van der Waals surface area contributed by atoms with E-state index in [2.05, 4.69) is 20.2 Å². The van der Waals surface area contributed by atoms with E-state index in [4.69, 9.17) is 26.8 Å². The highest BCUT2D eigenvalue weighted by Crippen LogP contribution is 2.43. The molecule has 0 aliphatic carbocycles. The highest BCUT2D eigenvalue weighted by atomic mass is 35.5. The van der Waals surface area contributed by atoms with Gasteiger partial charge in [0.15, 0.2) is 0 Å². The van der Waals surface area contributed by atoms with E-state index in [1.54, 1.807) is 36.1 Å². The van der Waals surface area contributed by atoms with Crippen LogP contribution in [0.25, 0.3) is 11.1 Å². The van der Waals surface area contributed by atoms with Crippen LogP contribution in [-0.2, 0) is 9.53 Å². The molecule has 3 fully saturated rings. The summed E-state index contributed by atoms with van der Waals surface area (Å²) in [5.41, 5.74) is 6.64. The molecule has 6 rings (SSSR count). The number of benzene rings is 2. The molecule has 50 heavy (non-hydrogen) atoms. The van der Waals surface area contributed by atoms with Crippen LogP contribution in [0.4, 0.5) is 24.9 Å². The van der Waals surface area contributed by atoms with Gasteiger partial charge < -0.3 is 35.2 Å². The van der Waals surface area contributed by atoms with E-state index in [0.29, 0.717) is 62.7 Å². The molecule has 3 aliphatic rings. The smallest absolute Gasteiger partial charge is 0.429 e. The van der Waals surface area contributed by atoms with Crippen molar-refractivity contribution in [2.24, 2.45) is 5.41 Å². The fourth-order valence-electron chi connectivity index (χ4n) is 7.02. The number of nitrogen functional groups attached to an aromatic ring is 1. The van der Waals surface area contributed by atoms with Crippen LogP contribution < -0.4 is 20.7 Å². The average molecular weight is 716 g/mol. The number of nitrogens with zero attached hydrogens (tertiary/aromatic N) is 5. The van der Waals surface area contributed by atoms with Crippen molar-refractivity contribution in [2.75, 3.05) is 70.1 Å². The third-order valence-corrected chi connectivity index (χ3v) is 10.1. The van der Waals surface area contributed by atoms with Gasteiger partial charge in [-0.05, 0) is 74.0 Å². The average Bonchev–Trinajstić information content (AvgIpc) is 3.50. The first-order valence-corrected chi connectivity index (χ1v) is 17.1. The molecule has 0 bridgehead atoms. The molecule has 1 spiro atoms. The van der Waals surface area contributed by atoms with Crippen molar-refractivity contribution in [3.05, 3.63) is 64.7 Å². The Morgan fingerprint density at radius 3 is 2.50 bits per heavy atom. The summed E-state index contributed by atoms with van der Waals surface area (Å²) < 4.78 is 55.5. The summed E-state index contributed by atoms with van der Waals surface area (Å²) in [5, 5.41) is 3.50. The van der Waals surface area contributed by atoms with E-state index in [-0.39, 0.29) is 51.3 Å². The number of carbonyl (C=O) groups excluding carboxylic acids is 2. The molecule has 3 aliphatic heterocycles. The van der Waals surface area contributed by atoms with Crippen LogP contribution in [0.3, 0.4) is 0 Å². The number of hydrogen-bond acceptors (Lipinski definition) is 10. The summed E-state index contributed by atoms with van der Waals surface area (Å²) in [5.74, 6) is -0.660. The molecule has 3 saturated heterocycles. The van der Waals surface area contributed by atoms with Crippen LogP contribution in [0.5, 0.6) is 5.88 Å². The zero-order chi connectivity index (χ0) is 35.6. The van der Waals surface area contributed by atoms with Gasteiger partial charge in [0.2, 0.25) is 17.9 Å². The molecule has 11 nitrogen and oxygen atoms in total. The Balaban J connectivity index is 1.23. The Bertz CT molecular complexity index is 1710. The lowest BCUT2D eigenvalue weighted by molar-refractivity contribution is -0.198. The molecule has 15 heteroatoms. The Kier molecular flexibility index (Phi) is 10.4. The third kappa shape index (κ3) is 7.92. The minimum atomic E-state index is -4.86. The SMILES string of the molecule is CCOC(=O)[C@@H]1CC2(CCN(c3cc(O[C@H](c4ccc(Cl)cc4-c4cccc(C(=O)N5CCN(C)CC5)c4)C(F)(F)F)nc(N)n3)CC2)CN1. The van der Waals surface area contributed by atoms with Crippen LogP contribution >= 0.6 is 11.6 Å². The molecular formula is C35H41ClF3N7O4. The molecule has 3 N–H and O–H groups in total. The van der Waals surface area contributed by atoms with Gasteiger partial charge in [-0.25, -0.2) is 0 Å². The Morgan fingerprint density at radius 1 is 1.06 bits per heavy atom. The summed E-state index contributed by atoms with van der Waals surface area (Å²) in [6, 6.07) is 11.6. The predicted molar refractivity (Wildman–Crippen MR) is 183 cm³/mol. The normalized spacial score (nSPS) is 20.2. The number of hydrogen-bond donors (Lipinski definition) is 2. The zero-order valence-corrected chi connectivity index (χ0v) is 28.8. The Labute approximate surface area is 293 Å². The molecule has 268 valence electrons. The third-order valence-electron chi connectivity index (χ3n) is 9.83. The van der Waals surface area contributed by atoms with E-state index >= 15 is 0 Å². The molecule has 0 saturated carbocycles. The van der Waals surface area contributed by atoms with Gasteiger partial charge in [0.05, 0.1) is 6.61 Å². The maximum Gasteiger partial charge on any atom is 0.429 e.